The van der Waals surface area contributed by atoms with Gasteiger partial charge >= 0.3 is 6.09 Å². The summed E-state index contributed by atoms with van der Waals surface area (Å²) in [5.74, 6) is -3.31. The van der Waals surface area contributed by atoms with Gasteiger partial charge in [0.1, 0.15) is 35.7 Å². The van der Waals surface area contributed by atoms with Gasteiger partial charge in [-0.05, 0) is 94.6 Å². The lowest BCUT2D eigenvalue weighted by molar-refractivity contribution is -0.143. The number of benzene rings is 1. The molecule has 15 nitrogen and oxygen atoms in total. The molecule has 7 atom stereocenters. The van der Waals surface area contributed by atoms with Crippen molar-refractivity contribution in [3.05, 3.63) is 23.9 Å². The number of aromatic nitrogens is 2. The number of aryl methyl sites for hydroxylation is 1. The Hall–Kier alpha value is -4.35. The van der Waals surface area contributed by atoms with Crippen LogP contribution in [0, 0.1) is 23.2 Å². The van der Waals surface area contributed by atoms with E-state index < -0.39 is 99.8 Å². The first kappa shape index (κ1) is 46.2. The van der Waals surface area contributed by atoms with Gasteiger partial charge in [0.2, 0.25) is 40.1 Å². The summed E-state index contributed by atoms with van der Waals surface area (Å²) in [4.78, 5) is 66.6. The maximum Gasteiger partial charge on any atom is 0.408 e. The SMILES string of the molecule is CC[C@@H]1[C@@H]2CN(C(=O)[C@H](C(C)(C)C)NC(=O)O[C@@H]3CCC[C@H]3CCCCCc3nc4ccc(OC)cc4nc3O2)[C@@H]1C(=O)NC[C@@H](CCC(=O)NS(=O)(=O)C1(C)CC1)C(F)F. The fraction of sp³-hybridized carbons (Fsp3) is 0.721. The number of carbonyl (C=O) groups excluding carboxylic acids is 4. The summed E-state index contributed by atoms with van der Waals surface area (Å²) < 4.78 is 73.0. The molecule has 2 aliphatic carbocycles. The molecule has 2 aliphatic heterocycles. The number of ether oxygens (including phenoxy) is 3. The number of hydrogen-bond acceptors (Lipinski definition) is 11. The summed E-state index contributed by atoms with van der Waals surface area (Å²) in [7, 11) is -2.40. The normalized spacial score (nSPS) is 26.5. The molecular weight excluding hydrogens is 815 g/mol. The molecule has 0 unspecified atom stereocenters. The van der Waals surface area contributed by atoms with Crippen LogP contribution in [0.2, 0.25) is 0 Å². The van der Waals surface area contributed by atoms with E-state index in [1.54, 1.807) is 40.0 Å². The maximum atomic E-state index is 14.9. The van der Waals surface area contributed by atoms with Gasteiger partial charge in [-0.25, -0.2) is 32.0 Å². The number of nitrogens with zero attached hydrogens (tertiary/aromatic N) is 3. The third kappa shape index (κ3) is 10.8. The fourth-order valence-electron chi connectivity index (χ4n) is 8.84. The first-order chi connectivity index (χ1) is 28.8. The molecule has 61 heavy (non-hydrogen) atoms. The first-order valence-corrected chi connectivity index (χ1v) is 23.2. The molecule has 0 radical (unpaired) electrons. The highest BCUT2D eigenvalue weighted by atomic mass is 32.2. The Kier molecular flexibility index (Phi) is 14.3. The van der Waals surface area contributed by atoms with Crippen LogP contribution in [0.1, 0.15) is 117 Å². The molecule has 3 fully saturated rings. The summed E-state index contributed by atoms with van der Waals surface area (Å²) in [6.07, 6.45) is 2.10. The lowest BCUT2D eigenvalue weighted by atomic mass is 9.85. The number of fused-ring (bicyclic) bond motifs is 5. The molecular formula is C43H62F2N6O9S. The number of sulfonamides is 1. The van der Waals surface area contributed by atoms with Crippen LogP contribution in [0.3, 0.4) is 0 Å². The Labute approximate surface area is 357 Å². The van der Waals surface area contributed by atoms with E-state index in [2.05, 4.69) is 10.6 Å². The van der Waals surface area contributed by atoms with Gasteiger partial charge < -0.3 is 29.7 Å². The predicted molar refractivity (Wildman–Crippen MR) is 222 cm³/mol. The lowest BCUT2D eigenvalue weighted by Crippen LogP contribution is -2.59. The number of hydrogen-bond donors (Lipinski definition) is 3. The smallest absolute Gasteiger partial charge is 0.408 e. The van der Waals surface area contributed by atoms with Crippen molar-refractivity contribution in [2.75, 3.05) is 20.2 Å². The van der Waals surface area contributed by atoms with Crippen molar-refractivity contribution >= 4 is 44.9 Å². The molecule has 1 aromatic carbocycles. The van der Waals surface area contributed by atoms with Crippen molar-refractivity contribution < 1.29 is 50.6 Å². The van der Waals surface area contributed by atoms with E-state index in [1.807, 2.05) is 17.7 Å². The van der Waals surface area contributed by atoms with Gasteiger partial charge in [0.25, 0.3) is 0 Å². The molecule has 3 heterocycles. The summed E-state index contributed by atoms with van der Waals surface area (Å²) in [5.41, 5.74) is 0.958. The minimum absolute atomic E-state index is 0.0907. The van der Waals surface area contributed by atoms with Crippen molar-refractivity contribution in [2.24, 2.45) is 23.2 Å². The summed E-state index contributed by atoms with van der Waals surface area (Å²) in [5, 5.41) is 5.46. The van der Waals surface area contributed by atoms with Gasteiger partial charge in [-0.15, -0.1) is 0 Å². The Morgan fingerprint density at radius 1 is 1.03 bits per heavy atom. The van der Waals surface area contributed by atoms with Crippen LogP contribution in [-0.4, -0.2) is 103 Å². The Bertz CT molecular complexity index is 2050. The Balaban J connectivity index is 1.30. The molecule has 4 amide bonds. The van der Waals surface area contributed by atoms with Crippen molar-refractivity contribution in [3.8, 4) is 11.6 Å². The zero-order chi connectivity index (χ0) is 44.3. The van der Waals surface area contributed by atoms with Gasteiger partial charge in [0.15, 0.2) is 0 Å². The van der Waals surface area contributed by atoms with Crippen LogP contribution >= 0.6 is 0 Å². The standard InChI is InChI=1S/C43H62F2N6O9S/c1-7-28-33-24-51(35(28)38(53)46-23-26(37(44)45)16-19-34(52)50-61(56,57)43(5)20-21-43)40(54)36(42(2,3)4)49-41(55)60-32-15-11-13-25(32)12-9-8-10-14-30-39(59-33)48-31-22-27(58-6)17-18-29(31)47-30/h17-18,22,25-26,28,32-33,35-37H,7-16,19-21,23-24H2,1-6H3,(H,46,53)(H,49,55)(H,50,52)/t25-,26-,28-,32-,33+,35+,36-/m1/s1. The van der Waals surface area contributed by atoms with Gasteiger partial charge in [-0.1, -0.05) is 40.5 Å². The highest BCUT2D eigenvalue weighted by Gasteiger charge is 2.52. The van der Waals surface area contributed by atoms with Gasteiger partial charge in [0.05, 0.1) is 29.4 Å². The van der Waals surface area contributed by atoms with Crippen molar-refractivity contribution in [3.63, 3.8) is 0 Å². The second-order valence-corrected chi connectivity index (χ2v) is 20.7. The number of alkyl halides is 2. The molecule has 4 aliphatic rings. The maximum absolute atomic E-state index is 14.9. The van der Waals surface area contributed by atoms with E-state index in [9.17, 15) is 36.4 Å². The van der Waals surface area contributed by atoms with E-state index in [4.69, 9.17) is 24.2 Å². The molecule has 18 heteroatoms. The third-order valence-corrected chi connectivity index (χ3v) is 15.2. The molecule has 6 rings (SSSR count). The highest BCUT2D eigenvalue weighted by Crippen LogP contribution is 2.42. The number of nitrogens with one attached hydrogen (secondary N) is 3. The van der Waals surface area contributed by atoms with Gasteiger partial charge in [-0.3, -0.25) is 19.1 Å². The average molecular weight is 877 g/mol. The molecule has 2 aromatic rings. The monoisotopic (exact) mass is 876 g/mol. The molecule has 3 N–H and O–H groups in total. The number of alkyl carbamates (subject to hydrolysis) is 1. The van der Waals surface area contributed by atoms with Crippen molar-refractivity contribution in [2.45, 2.75) is 154 Å². The Morgan fingerprint density at radius 3 is 2.44 bits per heavy atom. The molecule has 2 bridgehead atoms. The highest BCUT2D eigenvalue weighted by molar-refractivity contribution is 7.91. The summed E-state index contributed by atoms with van der Waals surface area (Å²) >= 11 is 0. The topological polar surface area (TPSA) is 195 Å². The quantitative estimate of drug-likeness (QED) is 0.246. The zero-order valence-electron chi connectivity index (χ0n) is 36.1. The van der Waals surface area contributed by atoms with E-state index in [1.165, 1.54) is 11.8 Å². The van der Waals surface area contributed by atoms with E-state index in [0.29, 0.717) is 48.2 Å². The second kappa shape index (κ2) is 19.0. The molecule has 1 aromatic heterocycles. The number of halogens is 2. The minimum Gasteiger partial charge on any atom is -0.497 e. The largest absolute Gasteiger partial charge is 0.497 e. The number of carbonyl (C=O) groups is 4. The number of rotatable bonds is 11. The van der Waals surface area contributed by atoms with Crippen molar-refractivity contribution in [1.82, 2.24) is 30.2 Å². The molecule has 0 spiro atoms. The lowest BCUT2D eigenvalue weighted by Gasteiger charge is -2.36. The number of amides is 4. The van der Waals surface area contributed by atoms with Gasteiger partial charge in [0, 0.05) is 30.9 Å². The van der Waals surface area contributed by atoms with E-state index in [0.717, 1.165) is 44.9 Å². The van der Waals surface area contributed by atoms with Crippen LogP contribution in [-0.2, 0) is 35.6 Å². The van der Waals surface area contributed by atoms with Crippen LogP contribution in [0.15, 0.2) is 18.2 Å². The Morgan fingerprint density at radius 2 is 1.77 bits per heavy atom. The molecule has 1 saturated heterocycles. The zero-order valence-corrected chi connectivity index (χ0v) is 37.0. The van der Waals surface area contributed by atoms with E-state index >= 15 is 0 Å². The second-order valence-electron chi connectivity index (χ2n) is 18.5. The van der Waals surface area contributed by atoms with Crippen LogP contribution < -0.4 is 24.8 Å². The van der Waals surface area contributed by atoms with Crippen LogP contribution in [0.5, 0.6) is 11.6 Å². The summed E-state index contributed by atoms with van der Waals surface area (Å²) in [6.45, 7) is 8.09. The average Bonchev–Trinajstić information content (AvgIpc) is 3.65. The van der Waals surface area contributed by atoms with Crippen LogP contribution in [0.25, 0.3) is 11.0 Å². The minimum atomic E-state index is -3.95. The summed E-state index contributed by atoms with van der Waals surface area (Å²) in [6, 6.07) is 3.03. The molecule has 338 valence electrons. The van der Waals surface area contributed by atoms with Gasteiger partial charge in [-0.2, -0.15) is 0 Å². The van der Waals surface area contributed by atoms with E-state index in [-0.39, 0.29) is 24.4 Å². The first-order valence-electron chi connectivity index (χ1n) is 21.7. The third-order valence-electron chi connectivity index (χ3n) is 13.0. The molecule has 2 saturated carbocycles. The fourth-order valence-corrected chi connectivity index (χ4v) is 10.1. The number of methoxy groups -OCH3 is 1. The van der Waals surface area contributed by atoms with Crippen LogP contribution in [0.4, 0.5) is 13.6 Å². The van der Waals surface area contributed by atoms with Crippen molar-refractivity contribution in [1.29, 1.82) is 0 Å². The predicted octanol–water partition coefficient (Wildman–Crippen LogP) is 5.83.